The highest BCUT2D eigenvalue weighted by Crippen LogP contribution is 2.39. The molecule has 4 heteroatoms. The molecule has 0 saturated heterocycles. The molecule has 18 heavy (non-hydrogen) atoms. The van der Waals surface area contributed by atoms with Crippen LogP contribution in [-0.4, -0.2) is 34.0 Å². The third kappa shape index (κ3) is 3.45. The Balaban J connectivity index is 2.70. The van der Waals surface area contributed by atoms with Crippen molar-refractivity contribution >= 4 is 5.97 Å². The minimum Gasteiger partial charge on any atom is -0.479 e. The Kier molecular flexibility index (Phi) is 5.17. The maximum absolute atomic E-state index is 11.5. The van der Waals surface area contributed by atoms with Gasteiger partial charge < -0.3 is 14.9 Å². The largest absolute Gasteiger partial charge is 0.479 e. The highest BCUT2D eigenvalue weighted by atomic mass is 16.5. The zero-order chi connectivity index (χ0) is 13.9. The number of hydrogen-bond donors (Lipinski definition) is 2. The molecule has 4 nitrogen and oxygen atoms in total. The summed E-state index contributed by atoms with van der Waals surface area (Å²) < 4.78 is 5.68. The van der Waals surface area contributed by atoms with Crippen LogP contribution >= 0.6 is 0 Å². The van der Waals surface area contributed by atoms with E-state index in [1.165, 1.54) is 0 Å². The van der Waals surface area contributed by atoms with Gasteiger partial charge in [-0.1, -0.05) is 13.8 Å². The molecule has 1 fully saturated rings. The summed E-state index contributed by atoms with van der Waals surface area (Å²) in [5.41, 5.74) is -1.10. The summed E-state index contributed by atoms with van der Waals surface area (Å²) in [5.74, 6) is 0.283. The molecule has 1 rings (SSSR count). The van der Waals surface area contributed by atoms with Crippen LogP contribution in [0.2, 0.25) is 0 Å². The summed E-state index contributed by atoms with van der Waals surface area (Å²) in [4.78, 5) is 11.5. The molecular formula is C14H26O4. The van der Waals surface area contributed by atoms with Crippen molar-refractivity contribution in [1.82, 2.24) is 0 Å². The second-order valence-corrected chi connectivity index (χ2v) is 5.94. The molecule has 1 saturated carbocycles. The van der Waals surface area contributed by atoms with Gasteiger partial charge in [-0.15, -0.1) is 0 Å². The third-order valence-electron chi connectivity index (χ3n) is 4.26. The van der Waals surface area contributed by atoms with Crippen LogP contribution in [0.5, 0.6) is 0 Å². The van der Waals surface area contributed by atoms with Crippen LogP contribution in [0.25, 0.3) is 0 Å². The lowest BCUT2D eigenvalue weighted by molar-refractivity contribution is -0.188. The van der Waals surface area contributed by atoms with Crippen molar-refractivity contribution in [2.75, 3.05) is 0 Å². The Morgan fingerprint density at radius 3 is 2.06 bits per heavy atom. The van der Waals surface area contributed by atoms with Gasteiger partial charge in [0.15, 0.2) is 5.60 Å². The molecular weight excluding hydrogens is 232 g/mol. The minimum atomic E-state index is -1.10. The van der Waals surface area contributed by atoms with Gasteiger partial charge in [-0.2, -0.15) is 0 Å². The molecule has 0 radical (unpaired) electrons. The van der Waals surface area contributed by atoms with Gasteiger partial charge in [-0.3, -0.25) is 0 Å². The number of aliphatic hydroxyl groups excluding tert-OH is 1. The van der Waals surface area contributed by atoms with Crippen molar-refractivity contribution in [1.29, 1.82) is 0 Å². The second-order valence-electron chi connectivity index (χ2n) is 5.94. The molecule has 106 valence electrons. The van der Waals surface area contributed by atoms with E-state index in [4.69, 9.17) is 4.74 Å². The van der Waals surface area contributed by atoms with Gasteiger partial charge in [0.25, 0.3) is 0 Å². The number of carbonyl (C=O) groups is 1. The molecule has 2 atom stereocenters. The number of ether oxygens (including phenoxy) is 1. The number of carboxylic acids is 1. The molecule has 1 aliphatic rings. The van der Waals surface area contributed by atoms with Crippen LogP contribution in [0, 0.1) is 11.8 Å². The summed E-state index contributed by atoms with van der Waals surface area (Å²) in [6.45, 7) is 7.71. The Bertz CT molecular complexity index is 278. The lowest BCUT2D eigenvalue weighted by Crippen LogP contribution is -2.48. The molecule has 0 amide bonds. The van der Waals surface area contributed by atoms with Gasteiger partial charge in [-0.05, 0) is 51.4 Å². The van der Waals surface area contributed by atoms with Crippen molar-refractivity contribution in [3.05, 3.63) is 0 Å². The van der Waals surface area contributed by atoms with Gasteiger partial charge in [0.1, 0.15) is 0 Å². The number of aliphatic hydroxyl groups is 1. The normalized spacial score (nSPS) is 32.2. The zero-order valence-electron chi connectivity index (χ0n) is 11.8. The van der Waals surface area contributed by atoms with Gasteiger partial charge in [0, 0.05) is 0 Å². The lowest BCUT2D eigenvalue weighted by atomic mass is 9.74. The van der Waals surface area contributed by atoms with E-state index in [0.29, 0.717) is 24.7 Å². The van der Waals surface area contributed by atoms with E-state index in [2.05, 4.69) is 13.8 Å². The average molecular weight is 258 g/mol. The molecule has 0 aromatic carbocycles. The van der Waals surface area contributed by atoms with Crippen LogP contribution in [0.3, 0.4) is 0 Å². The maximum Gasteiger partial charge on any atom is 0.335 e. The van der Waals surface area contributed by atoms with Crippen LogP contribution in [0.15, 0.2) is 0 Å². The van der Waals surface area contributed by atoms with Crippen LogP contribution < -0.4 is 0 Å². The lowest BCUT2D eigenvalue weighted by Gasteiger charge is -2.40. The predicted octanol–water partition coefficient (Wildman–Crippen LogP) is 2.44. The minimum absolute atomic E-state index is 0.448. The highest BCUT2D eigenvalue weighted by molar-refractivity contribution is 5.77. The molecule has 0 aromatic heterocycles. The predicted molar refractivity (Wildman–Crippen MR) is 69.4 cm³/mol. The number of carboxylic acid groups (broad SMARTS) is 1. The second kappa shape index (κ2) is 6.02. The number of hydrogen-bond acceptors (Lipinski definition) is 3. The van der Waals surface area contributed by atoms with Crippen molar-refractivity contribution < 1.29 is 19.7 Å². The Morgan fingerprint density at radius 1 is 1.22 bits per heavy atom. The summed E-state index contributed by atoms with van der Waals surface area (Å²) in [6, 6.07) is 0. The van der Waals surface area contributed by atoms with Crippen LogP contribution in [-0.2, 0) is 9.53 Å². The molecule has 0 bridgehead atoms. The highest BCUT2D eigenvalue weighted by Gasteiger charge is 2.45. The quantitative estimate of drug-likeness (QED) is 0.795. The van der Waals surface area contributed by atoms with Gasteiger partial charge in [0.05, 0.1) is 12.2 Å². The molecule has 2 N–H and O–H groups in total. The van der Waals surface area contributed by atoms with Crippen molar-refractivity contribution in [2.45, 2.75) is 71.2 Å². The summed E-state index contributed by atoms with van der Waals surface area (Å²) >= 11 is 0. The molecule has 2 unspecified atom stereocenters. The van der Waals surface area contributed by atoms with E-state index >= 15 is 0 Å². The molecule has 0 aliphatic heterocycles. The Hall–Kier alpha value is -0.610. The molecule has 0 spiro atoms. The number of aliphatic carboxylic acids is 1. The fourth-order valence-electron chi connectivity index (χ4n) is 2.61. The standard InChI is InChI=1S/C14H26O4/c1-9(2)12-5-7-14(8-6-12,13(16)17)18-11(4)10(3)15/h9-12,15H,5-8H2,1-4H3,(H,16,17). The topological polar surface area (TPSA) is 66.8 Å². The zero-order valence-corrected chi connectivity index (χ0v) is 11.8. The van der Waals surface area contributed by atoms with Crippen LogP contribution in [0.1, 0.15) is 53.4 Å². The third-order valence-corrected chi connectivity index (χ3v) is 4.26. The summed E-state index contributed by atoms with van der Waals surface area (Å²) in [6.07, 6.45) is 1.76. The average Bonchev–Trinajstić information content (AvgIpc) is 2.29. The van der Waals surface area contributed by atoms with Gasteiger partial charge in [0.2, 0.25) is 0 Å². The van der Waals surface area contributed by atoms with E-state index in [1.54, 1.807) is 13.8 Å². The first-order valence-electron chi connectivity index (χ1n) is 6.88. The number of rotatable bonds is 5. The molecule has 0 aromatic rings. The fraction of sp³-hybridized carbons (Fsp3) is 0.929. The molecule has 1 aliphatic carbocycles. The molecule has 0 heterocycles. The Labute approximate surface area is 109 Å². The van der Waals surface area contributed by atoms with E-state index < -0.39 is 23.8 Å². The summed E-state index contributed by atoms with van der Waals surface area (Å²) in [5, 5.41) is 18.9. The first-order valence-corrected chi connectivity index (χ1v) is 6.88. The first kappa shape index (κ1) is 15.4. The SMILES string of the molecule is CC(C)C1CCC(OC(C)C(C)O)(C(=O)O)CC1. The van der Waals surface area contributed by atoms with Crippen molar-refractivity contribution in [2.24, 2.45) is 11.8 Å². The van der Waals surface area contributed by atoms with Gasteiger partial charge in [-0.25, -0.2) is 4.79 Å². The maximum atomic E-state index is 11.5. The monoisotopic (exact) mass is 258 g/mol. The van der Waals surface area contributed by atoms with Gasteiger partial charge >= 0.3 is 5.97 Å². The van der Waals surface area contributed by atoms with E-state index in [0.717, 1.165) is 12.8 Å². The van der Waals surface area contributed by atoms with Crippen LogP contribution in [0.4, 0.5) is 0 Å². The smallest absolute Gasteiger partial charge is 0.335 e. The fourth-order valence-corrected chi connectivity index (χ4v) is 2.61. The van der Waals surface area contributed by atoms with Crippen molar-refractivity contribution in [3.8, 4) is 0 Å². The van der Waals surface area contributed by atoms with E-state index in [1.807, 2.05) is 0 Å². The van der Waals surface area contributed by atoms with E-state index in [-0.39, 0.29) is 0 Å². The first-order chi connectivity index (χ1) is 8.28. The Morgan fingerprint density at radius 2 is 1.72 bits per heavy atom. The summed E-state index contributed by atoms with van der Waals surface area (Å²) in [7, 11) is 0. The van der Waals surface area contributed by atoms with Crippen molar-refractivity contribution in [3.63, 3.8) is 0 Å². The van der Waals surface area contributed by atoms with E-state index in [9.17, 15) is 15.0 Å².